The zero-order valence-corrected chi connectivity index (χ0v) is 12.2. The molecule has 0 aliphatic carbocycles. The van der Waals surface area contributed by atoms with Crippen LogP contribution in [0.4, 0.5) is 0 Å². The minimum Gasteiger partial charge on any atom is -0.481 e. The first-order chi connectivity index (χ1) is 9.41. The summed E-state index contributed by atoms with van der Waals surface area (Å²) >= 11 is 0. The van der Waals surface area contributed by atoms with Crippen LogP contribution >= 0.6 is 0 Å². The van der Waals surface area contributed by atoms with Crippen molar-refractivity contribution < 1.29 is 30.3 Å². The van der Waals surface area contributed by atoms with Crippen molar-refractivity contribution in [2.24, 2.45) is 5.41 Å². The molecule has 0 fully saturated rings. The van der Waals surface area contributed by atoms with Crippen molar-refractivity contribution in [3.8, 4) is 0 Å². The minimum atomic E-state index is -1.31. The molecular formula is C14H28O6. The Hall–Kier alpha value is -0.690. The van der Waals surface area contributed by atoms with Crippen molar-refractivity contribution in [3.05, 3.63) is 0 Å². The Bertz CT molecular complexity index is 256. The zero-order chi connectivity index (χ0) is 15.6. The first-order valence-corrected chi connectivity index (χ1v) is 7.23. The number of aliphatic hydroxyl groups excluding tert-OH is 4. The molecule has 120 valence electrons. The van der Waals surface area contributed by atoms with Gasteiger partial charge in [0.25, 0.3) is 0 Å². The predicted octanol–water partition coefficient (Wildman–Crippen LogP) is 0.514. The number of aliphatic hydroxyl groups is 4. The average molecular weight is 292 g/mol. The Morgan fingerprint density at radius 2 is 1.50 bits per heavy atom. The van der Waals surface area contributed by atoms with Crippen LogP contribution in [0, 0.1) is 5.41 Å². The largest absolute Gasteiger partial charge is 0.481 e. The quantitative estimate of drug-likeness (QED) is 0.335. The van der Waals surface area contributed by atoms with E-state index in [4.69, 9.17) is 10.2 Å². The second-order valence-electron chi connectivity index (χ2n) is 5.48. The van der Waals surface area contributed by atoms with Crippen LogP contribution in [-0.4, -0.2) is 56.9 Å². The lowest BCUT2D eigenvalue weighted by Crippen LogP contribution is -2.39. The Kier molecular flexibility index (Phi) is 9.75. The lowest BCUT2D eigenvalue weighted by Gasteiger charge is -2.32. The highest BCUT2D eigenvalue weighted by Gasteiger charge is 2.41. The summed E-state index contributed by atoms with van der Waals surface area (Å²) in [5.74, 6) is -1.10. The van der Waals surface area contributed by atoms with Gasteiger partial charge in [0.15, 0.2) is 0 Å². The molecule has 5 N–H and O–H groups in total. The summed E-state index contributed by atoms with van der Waals surface area (Å²) in [5, 5.41) is 46.5. The Morgan fingerprint density at radius 1 is 1.00 bits per heavy atom. The third-order valence-corrected chi connectivity index (χ3v) is 3.64. The fourth-order valence-corrected chi connectivity index (χ4v) is 2.49. The van der Waals surface area contributed by atoms with Crippen LogP contribution in [0.3, 0.4) is 0 Å². The maximum atomic E-state index is 11.6. The second kappa shape index (κ2) is 10.1. The number of carboxylic acid groups (broad SMARTS) is 1. The van der Waals surface area contributed by atoms with Gasteiger partial charge in [0.05, 0.1) is 30.8 Å². The molecule has 0 heterocycles. The van der Waals surface area contributed by atoms with Gasteiger partial charge in [-0.05, 0) is 19.3 Å². The lowest BCUT2D eigenvalue weighted by molar-refractivity contribution is -0.155. The molecule has 2 atom stereocenters. The molecule has 0 aliphatic heterocycles. The summed E-state index contributed by atoms with van der Waals surface area (Å²) in [6.07, 6.45) is 1.39. The summed E-state index contributed by atoms with van der Waals surface area (Å²) in [6, 6.07) is 0. The van der Waals surface area contributed by atoms with Gasteiger partial charge in [-0.3, -0.25) is 4.79 Å². The van der Waals surface area contributed by atoms with E-state index in [0.717, 1.165) is 19.3 Å². The molecule has 0 rings (SSSR count). The lowest BCUT2D eigenvalue weighted by atomic mass is 9.73. The maximum absolute atomic E-state index is 11.6. The van der Waals surface area contributed by atoms with Crippen LogP contribution in [0.1, 0.15) is 51.9 Å². The molecule has 0 spiro atoms. The molecular weight excluding hydrogens is 264 g/mol. The number of aliphatic carboxylic acids is 1. The molecule has 6 nitrogen and oxygen atoms in total. The van der Waals surface area contributed by atoms with Gasteiger partial charge in [0.1, 0.15) is 0 Å². The molecule has 0 aromatic rings. The average Bonchev–Trinajstić information content (AvgIpc) is 2.42. The van der Waals surface area contributed by atoms with Crippen molar-refractivity contribution in [1.29, 1.82) is 0 Å². The predicted molar refractivity (Wildman–Crippen MR) is 74.2 cm³/mol. The monoisotopic (exact) mass is 292 g/mol. The standard InChI is InChI=1S/C14H28O6/c1-2-3-4-5-6-14(13(19)20,7-11(17)9-15)8-12(18)10-16/h11-12,15-18H,2-10H2,1H3,(H,19,20). The molecule has 0 bridgehead atoms. The van der Waals surface area contributed by atoms with Gasteiger partial charge in [-0.15, -0.1) is 0 Å². The number of carbonyl (C=O) groups is 1. The zero-order valence-electron chi connectivity index (χ0n) is 12.2. The van der Waals surface area contributed by atoms with Crippen molar-refractivity contribution in [3.63, 3.8) is 0 Å². The van der Waals surface area contributed by atoms with Gasteiger partial charge in [-0.2, -0.15) is 0 Å². The third-order valence-electron chi connectivity index (χ3n) is 3.64. The third kappa shape index (κ3) is 6.65. The number of hydrogen-bond acceptors (Lipinski definition) is 5. The molecule has 0 amide bonds. The van der Waals surface area contributed by atoms with E-state index in [9.17, 15) is 20.1 Å². The van der Waals surface area contributed by atoms with Crippen LogP contribution in [0.5, 0.6) is 0 Å². The van der Waals surface area contributed by atoms with E-state index in [2.05, 4.69) is 6.92 Å². The molecule has 0 saturated heterocycles. The minimum absolute atomic E-state index is 0.123. The molecule has 0 radical (unpaired) electrons. The first kappa shape index (κ1) is 19.3. The smallest absolute Gasteiger partial charge is 0.309 e. The molecule has 0 saturated carbocycles. The van der Waals surface area contributed by atoms with Crippen molar-refractivity contribution >= 4 is 5.97 Å². The number of rotatable bonds is 12. The summed E-state index contributed by atoms with van der Waals surface area (Å²) in [6.45, 7) is 1.02. The number of unbranched alkanes of at least 4 members (excludes halogenated alkanes) is 3. The van der Waals surface area contributed by atoms with Crippen molar-refractivity contribution in [2.45, 2.75) is 64.1 Å². The van der Waals surface area contributed by atoms with Gasteiger partial charge in [0, 0.05) is 0 Å². The second-order valence-corrected chi connectivity index (χ2v) is 5.48. The Morgan fingerprint density at radius 3 is 1.85 bits per heavy atom. The molecule has 0 aromatic heterocycles. The summed E-state index contributed by atoms with van der Waals surface area (Å²) in [7, 11) is 0. The number of hydrogen-bond donors (Lipinski definition) is 5. The molecule has 2 unspecified atom stereocenters. The summed E-state index contributed by atoms with van der Waals surface area (Å²) in [4.78, 5) is 11.6. The van der Waals surface area contributed by atoms with Gasteiger partial charge >= 0.3 is 5.97 Å². The first-order valence-electron chi connectivity index (χ1n) is 7.23. The summed E-state index contributed by atoms with van der Waals surface area (Å²) in [5.41, 5.74) is -1.31. The highest BCUT2D eigenvalue weighted by Crippen LogP contribution is 2.36. The van der Waals surface area contributed by atoms with Crippen LogP contribution < -0.4 is 0 Å². The normalized spacial score (nSPS) is 17.4. The molecule has 20 heavy (non-hydrogen) atoms. The maximum Gasteiger partial charge on any atom is 0.309 e. The Balaban J connectivity index is 4.86. The van der Waals surface area contributed by atoms with Crippen molar-refractivity contribution in [1.82, 2.24) is 0 Å². The fraction of sp³-hybridized carbons (Fsp3) is 0.929. The molecule has 6 heteroatoms. The van der Waals surface area contributed by atoms with E-state index < -0.39 is 36.8 Å². The Labute approximate surface area is 120 Å². The van der Waals surface area contributed by atoms with Gasteiger partial charge in [-0.25, -0.2) is 0 Å². The van der Waals surface area contributed by atoms with E-state index in [1.165, 1.54) is 0 Å². The summed E-state index contributed by atoms with van der Waals surface area (Å²) < 4.78 is 0. The van der Waals surface area contributed by atoms with Gasteiger partial charge < -0.3 is 25.5 Å². The van der Waals surface area contributed by atoms with Crippen LogP contribution in [-0.2, 0) is 4.79 Å². The van der Waals surface area contributed by atoms with Crippen LogP contribution in [0.25, 0.3) is 0 Å². The van der Waals surface area contributed by atoms with E-state index in [1.54, 1.807) is 0 Å². The highest BCUT2D eigenvalue weighted by molar-refractivity contribution is 5.74. The van der Waals surface area contributed by atoms with Gasteiger partial charge in [0.2, 0.25) is 0 Å². The SMILES string of the molecule is CCCCCCC(CC(O)CO)(CC(O)CO)C(=O)O. The van der Waals surface area contributed by atoms with E-state index in [-0.39, 0.29) is 12.8 Å². The highest BCUT2D eigenvalue weighted by atomic mass is 16.4. The van der Waals surface area contributed by atoms with Crippen LogP contribution in [0.2, 0.25) is 0 Å². The van der Waals surface area contributed by atoms with E-state index in [0.29, 0.717) is 12.8 Å². The van der Waals surface area contributed by atoms with E-state index in [1.807, 2.05) is 0 Å². The molecule has 0 aliphatic rings. The topological polar surface area (TPSA) is 118 Å². The van der Waals surface area contributed by atoms with Gasteiger partial charge in [-0.1, -0.05) is 32.6 Å². The fourth-order valence-electron chi connectivity index (χ4n) is 2.49. The van der Waals surface area contributed by atoms with E-state index >= 15 is 0 Å². The van der Waals surface area contributed by atoms with Crippen molar-refractivity contribution in [2.75, 3.05) is 13.2 Å². The number of carboxylic acids is 1. The van der Waals surface area contributed by atoms with Crippen LogP contribution in [0.15, 0.2) is 0 Å². The molecule has 0 aromatic carbocycles.